The molecule has 1 aliphatic rings. The Labute approximate surface area is 105 Å². The Bertz CT molecular complexity index is 399. The van der Waals surface area contributed by atoms with Gasteiger partial charge in [-0.25, -0.2) is 9.78 Å². The predicted octanol–water partition coefficient (Wildman–Crippen LogP) is 2.48. The summed E-state index contributed by atoms with van der Waals surface area (Å²) in [5.74, 6) is 1.02. The Kier molecular flexibility index (Phi) is 3.57. The van der Waals surface area contributed by atoms with Gasteiger partial charge in [0.25, 0.3) is 0 Å². The summed E-state index contributed by atoms with van der Waals surface area (Å²) in [5.41, 5.74) is 0.219. The SMILES string of the molecule is CC1(CNc2ccc(C(=O)O)cn2)CCCS1. The van der Waals surface area contributed by atoms with Crippen molar-refractivity contribution in [3.05, 3.63) is 23.9 Å². The highest BCUT2D eigenvalue weighted by Crippen LogP contribution is 2.37. The van der Waals surface area contributed by atoms with Gasteiger partial charge in [0, 0.05) is 17.5 Å². The van der Waals surface area contributed by atoms with Crippen LogP contribution in [0.5, 0.6) is 0 Å². The molecule has 1 fully saturated rings. The minimum Gasteiger partial charge on any atom is -0.478 e. The number of hydrogen-bond donors (Lipinski definition) is 2. The van der Waals surface area contributed by atoms with Gasteiger partial charge in [-0.1, -0.05) is 0 Å². The molecule has 4 nitrogen and oxygen atoms in total. The van der Waals surface area contributed by atoms with E-state index in [2.05, 4.69) is 17.2 Å². The first-order valence-corrected chi connectivity index (χ1v) is 6.65. The molecule has 0 radical (unpaired) electrons. The summed E-state index contributed by atoms with van der Waals surface area (Å²) < 4.78 is 0.285. The van der Waals surface area contributed by atoms with Gasteiger partial charge in [-0.15, -0.1) is 0 Å². The summed E-state index contributed by atoms with van der Waals surface area (Å²) in [6.45, 7) is 3.13. The van der Waals surface area contributed by atoms with Crippen LogP contribution in [0.4, 0.5) is 5.82 Å². The first kappa shape index (κ1) is 12.2. The van der Waals surface area contributed by atoms with Crippen molar-refractivity contribution in [2.24, 2.45) is 0 Å². The van der Waals surface area contributed by atoms with Crippen molar-refractivity contribution >= 4 is 23.5 Å². The lowest BCUT2D eigenvalue weighted by Crippen LogP contribution is -2.27. The van der Waals surface area contributed by atoms with Crippen LogP contribution >= 0.6 is 11.8 Å². The number of carboxylic acids is 1. The van der Waals surface area contributed by atoms with Gasteiger partial charge in [-0.05, 0) is 37.7 Å². The van der Waals surface area contributed by atoms with Crippen molar-refractivity contribution < 1.29 is 9.90 Å². The monoisotopic (exact) mass is 252 g/mol. The van der Waals surface area contributed by atoms with Crippen LogP contribution in [0.15, 0.2) is 18.3 Å². The number of rotatable bonds is 4. The van der Waals surface area contributed by atoms with E-state index in [-0.39, 0.29) is 10.3 Å². The van der Waals surface area contributed by atoms with Gasteiger partial charge >= 0.3 is 5.97 Å². The normalized spacial score (nSPS) is 23.6. The fourth-order valence-electron chi connectivity index (χ4n) is 1.88. The molecular formula is C12H16N2O2S. The fourth-order valence-corrected chi connectivity index (χ4v) is 3.12. The number of aromatic carboxylic acids is 1. The minimum atomic E-state index is -0.942. The van der Waals surface area contributed by atoms with Crippen molar-refractivity contribution in [2.75, 3.05) is 17.6 Å². The van der Waals surface area contributed by atoms with Gasteiger partial charge in [0.2, 0.25) is 0 Å². The molecule has 92 valence electrons. The molecule has 1 aliphatic heterocycles. The van der Waals surface area contributed by atoms with Gasteiger partial charge in [0.15, 0.2) is 0 Å². The van der Waals surface area contributed by atoms with Crippen molar-refractivity contribution in [2.45, 2.75) is 24.5 Å². The van der Waals surface area contributed by atoms with Gasteiger partial charge in [-0.2, -0.15) is 11.8 Å². The first-order valence-electron chi connectivity index (χ1n) is 5.66. The zero-order valence-corrected chi connectivity index (χ0v) is 10.6. The largest absolute Gasteiger partial charge is 0.478 e. The highest BCUT2D eigenvalue weighted by molar-refractivity contribution is 8.00. The molecular weight excluding hydrogens is 236 g/mol. The highest BCUT2D eigenvalue weighted by atomic mass is 32.2. The lowest BCUT2D eigenvalue weighted by atomic mass is 10.1. The maximum atomic E-state index is 10.7. The Morgan fingerprint density at radius 2 is 2.47 bits per heavy atom. The maximum Gasteiger partial charge on any atom is 0.337 e. The summed E-state index contributed by atoms with van der Waals surface area (Å²) in [4.78, 5) is 14.8. The Hall–Kier alpha value is -1.23. The average Bonchev–Trinajstić information content (AvgIpc) is 2.75. The zero-order valence-electron chi connectivity index (χ0n) is 9.77. The van der Waals surface area contributed by atoms with Crippen molar-refractivity contribution in [1.82, 2.24) is 4.98 Å². The van der Waals surface area contributed by atoms with Crippen LogP contribution < -0.4 is 5.32 Å². The molecule has 17 heavy (non-hydrogen) atoms. The molecule has 0 aromatic carbocycles. The van der Waals surface area contributed by atoms with Crippen molar-refractivity contribution in [1.29, 1.82) is 0 Å². The second kappa shape index (κ2) is 4.96. The van der Waals surface area contributed by atoms with E-state index in [1.807, 2.05) is 11.8 Å². The Morgan fingerprint density at radius 3 is 3.00 bits per heavy atom. The minimum absolute atomic E-state index is 0.219. The number of carbonyl (C=O) groups is 1. The van der Waals surface area contributed by atoms with Crippen molar-refractivity contribution in [3.8, 4) is 0 Å². The molecule has 2 rings (SSSR count). The van der Waals surface area contributed by atoms with E-state index in [0.29, 0.717) is 0 Å². The number of pyridine rings is 1. The van der Waals surface area contributed by atoms with Gasteiger partial charge in [-0.3, -0.25) is 0 Å². The lowest BCUT2D eigenvalue weighted by molar-refractivity contribution is 0.0696. The summed E-state index contributed by atoms with van der Waals surface area (Å²) >= 11 is 1.99. The number of anilines is 1. The second-order valence-corrected chi connectivity index (χ2v) is 6.18. The molecule has 1 aromatic rings. The number of carboxylic acid groups (broad SMARTS) is 1. The lowest BCUT2D eigenvalue weighted by Gasteiger charge is -2.23. The van der Waals surface area contributed by atoms with Crippen LogP contribution in [0, 0.1) is 0 Å². The smallest absolute Gasteiger partial charge is 0.337 e. The standard InChI is InChI=1S/C12H16N2O2S/c1-12(5-2-6-17-12)8-14-10-4-3-9(7-13-10)11(15)16/h3-4,7H,2,5-6,8H2,1H3,(H,13,14)(H,15,16). The Balaban J connectivity index is 1.93. The summed E-state index contributed by atoms with van der Waals surface area (Å²) in [5, 5.41) is 12.0. The summed E-state index contributed by atoms with van der Waals surface area (Å²) in [7, 11) is 0. The molecule has 1 unspecified atom stereocenters. The highest BCUT2D eigenvalue weighted by Gasteiger charge is 2.29. The van der Waals surface area contributed by atoms with Crippen LogP contribution in [0.2, 0.25) is 0 Å². The van der Waals surface area contributed by atoms with Crippen LogP contribution in [0.3, 0.4) is 0 Å². The number of nitrogens with one attached hydrogen (secondary N) is 1. The third-order valence-corrected chi connectivity index (χ3v) is 4.49. The molecule has 2 heterocycles. The molecule has 0 spiro atoms. The summed E-state index contributed by atoms with van der Waals surface area (Å²) in [6.07, 6.45) is 3.88. The molecule has 1 saturated heterocycles. The van der Waals surface area contributed by atoms with E-state index in [1.165, 1.54) is 24.8 Å². The third-order valence-electron chi connectivity index (χ3n) is 2.95. The molecule has 1 atom stereocenters. The maximum absolute atomic E-state index is 10.7. The van der Waals surface area contributed by atoms with E-state index >= 15 is 0 Å². The fraction of sp³-hybridized carbons (Fsp3) is 0.500. The van der Waals surface area contributed by atoms with Gasteiger partial charge < -0.3 is 10.4 Å². The van der Waals surface area contributed by atoms with E-state index in [1.54, 1.807) is 12.1 Å². The number of thioether (sulfide) groups is 1. The Morgan fingerprint density at radius 1 is 1.65 bits per heavy atom. The zero-order chi connectivity index (χ0) is 12.3. The third kappa shape index (κ3) is 3.12. The molecule has 0 aliphatic carbocycles. The molecule has 1 aromatic heterocycles. The quantitative estimate of drug-likeness (QED) is 0.862. The average molecular weight is 252 g/mol. The molecule has 0 bridgehead atoms. The second-order valence-electron chi connectivity index (χ2n) is 4.49. The number of nitrogens with zero attached hydrogens (tertiary/aromatic N) is 1. The van der Waals surface area contributed by atoms with E-state index < -0.39 is 5.97 Å². The van der Waals surface area contributed by atoms with Crippen LogP contribution in [0.1, 0.15) is 30.1 Å². The van der Waals surface area contributed by atoms with Crippen LogP contribution in [0.25, 0.3) is 0 Å². The molecule has 5 heteroatoms. The van der Waals surface area contributed by atoms with Gasteiger partial charge in [0.1, 0.15) is 5.82 Å². The first-order chi connectivity index (χ1) is 8.09. The molecule has 2 N–H and O–H groups in total. The van der Waals surface area contributed by atoms with Crippen molar-refractivity contribution in [3.63, 3.8) is 0 Å². The number of aromatic nitrogens is 1. The number of hydrogen-bond acceptors (Lipinski definition) is 4. The van der Waals surface area contributed by atoms with E-state index in [9.17, 15) is 4.79 Å². The van der Waals surface area contributed by atoms with E-state index in [4.69, 9.17) is 5.11 Å². The summed E-state index contributed by atoms with van der Waals surface area (Å²) in [6, 6.07) is 3.29. The molecule has 0 saturated carbocycles. The molecule has 0 amide bonds. The van der Waals surface area contributed by atoms with Crippen LogP contribution in [-0.4, -0.2) is 33.1 Å². The van der Waals surface area contributed by atoms with Crippen LogP contribution in [-0.2, 0) is 0 Å². The predicted molar refractivity (Wildman–Crippen MR) is 69.8 cm³/mol. The topological polar surface area (TPSA) is 62.2 Å². The van der Waals surface area contributed by atoms with Gasteiger partial charge in [0.05, 0.1) is 5.56 Å². The van der Waals surface area contributed by atoms with E-state index in [0.717, 1.165) is 12.4 Å².